The minimum atomic E-state index is -0.205. The van der Waals surface area contributed by atoms with Crippen LogP contribution in [0.3, 0.4) is 0 Å². The Morgan fingerprint density at radius 2 is 2.50 bits per heavy atom. The average Bonchev–Trinajstić information content (AvgIpc) is 2.15. The van der Waals surface area contributed by atoms with Crippen molar-refractivity contribution in [1.82, 2.24) is 4.98 Å². The number of aromatic nitrogens is 1. The van der Waals surface area contributed by atoms with Gasteiger partial charge in [-0.1, -0.05) is 13.0 Å². The standard InChI is InChI=1S/C9H11NO2/c1-2-9(12-7-11)8-5-3-4-6-10-8/h3-7,9H,2H2,1H3. The van der Waals surface area contributed by atoms with Crippen molar-refractivity contribution in [2.75, 3.05) is 0 Å². The molecule has 0 saturated carbocycles. The quantitative estimate of drug-likeness (QED) is 0.637. The third-order valence-corrected chi connectivity index (χ3v) is 1.61. The zero-order valence-corrected chi connectivity index (χ0v) is 6.93. The summed E-state index contributed by atoms with van der Waals surface area (Å²) in [5.41, 5.74) is 0.798. The Morgan fingerprint density at radius 3 is 3.00 bits per heavy atom. The van der Waals surface area contributed by atoms with Crippen LogP contribution in [0.5, 0.6) is 0 Å². The van der Waals surface area contributed by atoms with Gasteiger partial charge >= 0.3 is 0 Å². The van der Waals surface area contributed by atoms with E-state index in [4.69, 9.17) is 4.74 Å². The zero-order valence-electron chi connectivity index (χ0n) is 6.93. The van der Waals surface area contributed by atoms with Gasteiger partial charge < -0.3 is 4.74 Å². The number of ether oxygens (including phenoxy) is 1. The van der Waals surface area contributed by atoms with Gasteiger partial charge in [0.2, 0.25) is 0 Å². The number of carbonyl (C=O) groups is 1. The normalized spacial score (nSPS) is 12.1. The average molecular weight is 165 g/mol. The topological polar surface area (TPSA) is 39.2 Å². The third-order valence-electron chi connectivity index (χ3n) is 1.61. The molecule has 1 aromatic heterocycles. The fraction of sp³-hybridized carbons (Fsp3) is 0.333. The van der Waals surface area contributed by atoms with E-state index in [1.165, 1.54) is 0 Å². The molecule has 0 spiro atoms. The van der Waals surface area contributed by atoms with Crippen LogP contribution >= 0.6 is 0 Å². The largest absolute Gasteiger partial charge is 0.458 e. The van der Waals surface area contributed by atoms with E-state index in [-0.39, 0.29) is 6.10 Å². The summed E-state index contributed by atoms with van der Waals surface area (Å²) in [5.74, 6) is 0. The molecule has 1 unspecified atom stereocenters. The Hall–Kier alpha value is -1.38. The summed E-state index contributed by atoms with van der Waals surface area (Å²) < 4.78 is 4.83. The van der Waals surface area contributed by atoms with E-state index in [1.807, 2.05) is 25.1 Å². The molecule has 0 bridgehead atoms. The third kappa shape index (κ3) is 2.05. The van der Waals surface area contributed by atoms with E-state index in [0.29, 0.717) is 6.47 Å². The molecule has 0 aliphatic rings. The number of hydrogen-bond acceptors (Lipinski definition) is 3. The maximum atomic E-state index is 10.1. The minimum Gasteiger partial charge on any atom is -0.458 e. The second kappa shape index (κ2) is 4.49. The lowest BCUT2D eigenvalue weighted by atomic mass is 10.2. The van der Waals surface area contributed by atoms with E-state index >= 15 is 0 Å². The highest BCUT2D eigenvalue weighted by Crippen LogP contribution is 2.16. The van der Waals surface area contributed by atoms with Crippen molar-refractivity contribution in [2.45, 2.75) is 19.4 Å². The lowest BCUT2D eigenvalue weighted by molar-refractivity contribution is -0.134. The molecule has 3 nitrogen and oxygen atoms in total. The first-order chi connectivity index (χ1) is 5.88. The Bertz CT molecular complexity index is 236. The predicted molar refractivity (Wildman–Crippen MR) is 44.4 cm³/mol. The highest BCUT2D eigenvalue weighted by Gasteiger charge is 2.09. The van der Waals surface area contributed by atoms with Crippen molar-refractivity contribution < 1.29 is 9.53 Å². The van der Waals surface area contributed by atoms with Gasteiger partial charge in [0.25, 0.3) is 6.47 Å². The molecule has 1 atom stereocenters. The van der Waals surface area contributed by atoms with Crippen LogP contribution in [0.1, 0.15) is 25.1 Å². The molecule has 64 valence electrons. The SMILES string of the molecule is CCC(OC=O)c1ccccn1. The highest BCUT2D eigenvalue weighted by molar-refractivity contribution is 5.38. The van der Waals surface area contributed by atoms with Crippen LogP contribution in [0, 0.1) is 0 Å². The molecule has 3 heteroatoms. The molecule has 12 heavy (non-hydrogen) atoms. The summed E-state index contributed by atoms with van der Waals surface area (Å²) in [6, 6.07) is 5.55. The van der Waals surface area contributed by atoms with E-state index in [0.717, 1.165) is 12.1 Å². The summed E-state index contributed by atoms with van der Waals surface area (Å²) in [4.78, 5) is 14.2. The summed E-state index contributed by atoms with van der Waals surface area (Å²) in [6.45, 7) is 2.41. The Balaban J connectivity index is 2.72. The molecule has 1 rings (SSSR count). The summed E-state index contributed by atoms with van der Waals surface area (Å²) in [5, 5.41) is 0. The van der Waals surface area contributed by atoms with Gasteiger partial charge in [-0.15, -0.1) is 0 Å². The second-order valence-electron chi connectivity index (χ2n) is 2.38. The predicted octanol–water partition coefficient (Wildman–Crippen LogP) is 1.71. The maximum absolute atomic E-state index is 10.1. The highest BCUT2D eigenvalue weighted by atomic mass is 16.5. The fourth-order valence-corrected chi connectivity index (χ4v) is 1.01. The van der Waals surface area contributed by atoms with Gasteiger partial charge in [-0.25, -0.2) is 0 Å². The van der Waals surface area contributed by atoms with Crippen molar-refractivity contribution in [2.24, 2.45) is 0 Å². The van der Waals surface area contributed by atoms with E-state index < -0.39 is 0 Å². The Morgan fingerprint density at radius 1 is 1.67 bits per heavy atom. The number of rotatable bonds is 4. The number of pyridine rings is 1. The van der Waals surface area contributed by atoms with Crippen LogP contribution in [0.2, 0.25) is 0 Å². The molecular weight excluding hydrogens is 154 g/mol. The molecule has 0 aromatic carbocycles. The molecule has 1 aromatic rings. The molecule has 0 radical (unpaired) electrons. The van der Waals surface area contributed by atoms with Crippen molar-refractivity contribution in [3.05, 3.63) is 30.1 Å². The van der Waals surface area contributed by atoms with Gasteiger partial charge in [0.05, 0.1) is 5.69 Å². The Labute approximate surface area is 71.4 Å². The van der Waals surface area contributed by atoms with Gasteiger partial charge in [0.1, 0.15) is 6.10 Å². The maximum Gasteiger partial charge on any atom is 0.293 e. The summed E-state index contributed by atoms with van der Waals surface area (Å²) in [6.07, 6.45) is 2.23. The molecule has 0 aliphatic heterocycles. The lowest BCUT2D eigenvalue weighted by Crippen LogP contribution is -2.03. The molecular formula is C9H11NO2. The van der Waals surface area contributed by atoms with Crippen molar-refractivity contribution in [3.8, 4) is 0 Å². The van der Waals surface area contributed by atoms with Gasteiger partial charge in [-0.05, 0) is 18.6 Å². The van der Waals surface area contributed by atoms with Crippen LogP contribution in [0.15, 0.2) is 24.4 Å². The summed E-state index contributed by atoms with van der Waals surface area (Å²) in [7, 11) is 0. The van der Waals surface area contributed by atoms with E-state index in [9.17, 15) is 4.79 Å². The molecule has 0 fully saturated rings. The van der Waals surface area contributed by atoms with Crippen molar-refractivity contribution >= 4 is 6.47 Å². The van der Waals surface area contributed by atoms with Gasteiger partial charge in [0, 0.05) is 6.20 Å². The minimum absolute atomic E-state index is 0.205. The van der Waals surface area contributed by atoms with Gasteiger partial charge in [0.15, 0.2) is 0 Å². The molecule has 0 aliphatic carbocycles. The summed E-state index contributed by atoms with van der Waals surface area (Å²) >= 11 is 0. The van der Waals surface area contributed by atoms with Crippen molar-refractivity contribution in [3.63, 3.8) is 0 Å². The first-order valence-electron chi connectivity index (χ1n) is 3.88. The zero-order chi connectivity index (χ0) is 8.81. The number of nitrogens with zero attached hydrogens (tertiary/aromatic N) is 1. The van der Waals surface area contributed by atoms with Crippen molar-refractivity contribution in [1.29, 1.82) is 0 Å². The molecule has 1 heterocycles. The van der Waals surface area contributed by atoms with Crippen LogP contribution in [0.25, 0.3) is 0 Å². The monoisotopic (exact) mass is 165 g/mol. The smallest absolute Gasteiger partial charge is 0.293 e. The molecule has 0 amide bonds. The van der Waals surface area contributed by atoms with E-state index in [2.05, 4.69) is 4.98 Å². The van der Waals surface area contributed by atoms with Gasteiger partial charge in [-0.2, -0.15) is 0 Å². The van der Waals surface area contributed by atoms with E-state index in [1.54, 1.807) is 6.20 Å². The molecule has 0 N–H and O–H groups in total. The second-order valence-corrected chi connectivity index (χ2v) is 2.38. The van der Waals surface area contributed by atoms with Crippen LogP contribution < -0.4 is 0 Å². The van der Waals surface area contributed by atoms with Gasteiger partial charge in [-0.3, -0.25) is 9.78 Å². The Kier molecular flexibility index (Phi) is 3.26. The first-order valence-corrected chi connectivity index (χ1v) is 3.88. The fourth-order valence-electron chi connectivity index (χ4n) is 1.01. The van der Waals surface area contributed by atoms with Crippen LogP contribution in [0.4, 0.5) is 0 Å². The number of hydrogen-bond donors (Lipinski definition) is 0. The number of carbonyl (C=O) groups excluding carboxylic acids is 1. The first kappa shape index (κ1) is 8.71. The van der Waals surface area contributed by atoms with Crippen LogP contribution in [-0.2, 0) is 9.53 Å². The lowest BCUT2D eigenvalue weighted by Gasteiger charge is -2.10. The molecule has 0 saturated heterocycles. The van der Waals surface area contributed by atoms with Crippen LogP contribution in [-0.4, -0.2) is 11.5 Å².